The van der Waals surface area contributed by atoms with Gasteiger partial charge in [0.2, 0.25) is 10.0 Å². The van der Waals surface area contributed by atoms with Crippen LogP contribution in [0, 0.1) is 11.8 Å². The fourth-order valence-corrected chi connectivity index (χ4v) is 5.49. The summed E-state index contributed by atoms with van der Waals surface area (Å²) in [5, 5.41) is 5.18. The Hall–Kier alpha value is -0.430. The highest BCUT2D eigenvalue weighted by Crippen LogP contribution is 2.30. The van der Waals surface area contributed by atoms with Crippen LogP contribution in [0.4, 0.5) is 0 Å². The fourth-order valence-electron chi connectivity index (χ4n) is 2.57. The summed E-state index contributed by atoms with van der Waals surface area (Å²) in [6.07, 6.45) is 0.949. The van der Waals surface area contributed by atoms with Crippen molar-refractivity contribution in [3.05, 3.63) is 16.3 Å². The van der Waals surface area contributed by atoms with Gasteiger partial charge >= 0.3 is 0 Å². The van der Waals surface area contributed by atoms with Crippen molar-refractivity contribution in [1.82, 2.24) is 9.62 Å². The van der Waals surface area contributed by atoms with Gasteiger partial charge in [-0.15, -0.1) is 11.3 Å². The van der Waals surface area contributed by atoms with Crippen molar-refractivity contribution in [2.24, 2.45) is 11.8 Å². The molecule has 120 valence electrons. The minimum atomic E-state index is -3.35. The second-order valence-corrected chi connectivity index (χ2v) is 9.26. The van der Waals surface area contributed by atoms with Crippen LogP contribution in [0.1, 0.15) is 39.0 Å². The zero-order chi connectivity index (χ0) is 15.6. The molecular weight excluding hydrogens is 304 g/mol. The first kappa shape index (κ1) is 16.9. The topological polar surface area (TPSA) is 49.4 Å². The number of nitrogens with one attached hydrogen (secondary N) is 1. The first-order valence-electron chi connectivity index (χ1n) is 7.62. The van der Waals surface area contributed by atoms with Crippen LogP contribution < -0.4 is 5.32 Å². The number of sulfonamides is 1. The summed E-state index contributed by atoms with van der Waals surface area (Å²) in [6.45, 7) is 10.4. The van der Waals surface area contributed by atoms with Gasteiger partial charge in [0.1, 0.15) is 0 Å². The molecule has 6 heteroatoms. The molecule has 1 aromatic heterocycles. The summed E-state index contributed by atoms with van der Waals surface area (Å²) in [7, 11) is -3.35. The quantitative estimate of drug-likeness (QED) is 0.903. The molecule has 2 unspecified atom stereocenters. The Bertz CT molecular complexity index is 566. The molecule has 0 saturated carbocycles. The lowest BCUT2D eigenvalue weighted by atomic mass is 9.90. The second-order valence-electron chi connectivity index (χ2n) is 6.35. The Morgan fingerprint density at radius 3 is 2.71 bits per heavy atom. The van der Waals surface area contributed by atoms with E-state index in [0.717, 1.165) is 11.3 Å². The molecule has 0 aromatic carbocycles. The maximum atomic E-state index is 12.9. The van der Waals surface area contributed by atoms with Gasteiger partial charge in [-0.25, -0.2) is 8.42 Å². The molecule has 0 radical (unpaired) electrons. The summed E-state index contributed by atoms with van der Waals surface area (Å²) in [5.41, 5.74) is 0. The van der Waals surface area contributed by atoms with Gasteiger partial charge in [-0.05, 0) is 29.7 Å². The van der Waals surface area contributed by atoms with Crippen molar-refractivity contribution in [2.75, 3.05) is 13.1 Å². The average Bonchev–Trinajstić information content (AvgIpc) is 2.88. The number of rotatable bonds is 5. The predicted molar refractivity (Wildman–Crippen MR) is 88.0 cm³/mol. The third-order valence-corrected chi connectivity index (χ3v) is 7.29. The zero-order valence-corrected chi connectivity index (χ0v) is 14.9. The molecule has 2 atom stereocenters. The third-order valence-electron chi connectivity index (χ3n) is 4.29. The van der Waals surface area contributed by atoms with Crippen LogP contribution >= 0.6 is 11.3 Å². The maximum Gasteiger partial charge on any atom is 0.244 e. The molecule has 1 aromatic rings. The van der Waals surface area contributed by atoms with E-state index in [0.29, 0.717) is 42.4 Å². The average molecular weight is 331 g/mol. The van der Waals surface area contributed by atoms with Gasteiger partial charge in [-0.2, -0.15) is 4.31 Å². The minimum absolute atomic E-state index is 0.346. The summed E-state index contributed by atoms with van der Waals surface area (Å²) in [6, 6.07) is 2.10. The van der Waals surface area contributed by atoms with E-state index < -0.39 is 10.0 Å². The molecule has 1 saturated heterocycles. The Morgan fingerprint density at radius 2 is 2.10 bits per heavy atom. The third kappa shape index (κ3) is 3.86. The molecule has 0 spiro atoms. The van der Waals surface area contributed by atoms with Crippen LogP contribution in [0.3, 0.4) is 0 Å². The number of nitrogens with zero attached hydrogens (tertiary/aromatic N) is 1. The van der Waals surface area contributed by atoms with Crippen molar-refractivity contribution >= 4 is 21.4 Å². The van der Waals surface area contributed by atoms with E-state index in [2.05, 4.69) is 33.0 Å². The molecule has 4 nitrogen and oxygen atoms in total. The summed E-state index contributed by atoms with van der Waals surface area (Å²) in [4.78, 5) is 1.40. The van der Waals surface area contributed by atoms with E-state index in [9.17, 15) is 8.42 Å². The monoisotopic (exact) mass is 330 g/mol. The number of hydrogen-bond donors (Lipinski definition) is 1. The lowest BCUT2D eigenvalue weighted by Gasteiger charge is -2.34. The highest BCUT2D eigenvalue weighted by Gasteiger charge is 2.33. The largest absolute Gasteiger partial charge is 0.310 e. The lowest BCUT2D eigenvalue weighted by Crippen LogP contribution is -2.42. The standard InChI is InChI=1S/C15H26N2O2S2/c1-11(2)16-9-14-15(6-8-20-14)21(18,19)17-7-5-12(3)13(4)10-17/h6,8,11-13,16H,5,7,9-10H2,1-4H3. The normalized spacial score (nSPS) is 24.6. The summed E-state index contributed by atoms with van der Waals surface area (Å²) < 4.78 is 27.4. The predicted octanol–water partition coefficient (Wildman–Crippen LogP) is 2.91. The molecule has 0 amide bonds. The lowest BCUT2D eigenvalue weighted by molar-refractivity contribution is 0.212. The van der Waals surface area contributed by atoms with E-state index in [1.54, 1.807) is 10.4 Å². The van der Waals surface area contributed by atoms with Crippen molar-refractivity contribution < 1.29 is 8.42 Å². The number of hydrogen-bond acceptors (Lipinski definition) is 4. The van der Waals surface area contributed by atoms with Gasteiger partial charge in [0.05, 0.1) is 4.90 Å². The molecule has 1 aliphatic heterocycles. The van der Waals surface area contributed by atoms with Crippen LogP contribution in [-0.2, 0) is 16.6 Å². The van der Waals surface area contributed by atoms with Gasteiger partial charge in [-0.3, -0.25) is 0 Å². The van der Waals surface area contributed by atoms with Crippen LogP contribution in [0.5, 0.6) is 0 Å². The van der Waals surface area contributed by atoms with Crippen molar-refractivity contribution in [1.29, 1.82) is 0 Å². The Balaban J connectivity index is 2.18. The molecule has 0 bridgehead atoms. The van der Waals surface area contributed by atoms with Gasteiger partial charge in [0, 0.05) is 30.6 Å². The molecule has 21 heavy (non-hydrogen) atoms. The number of thiophene rings is 1. The van der Waals surface area contributed by atoms with E-state index in [4.69, 9.17) is 0 Å². The van der Waals surface area contributed by atoms with E-state index in [-0.39, 0.29) is 0 Å². The Labute approximate surface area is 132 Å². The van der Waals surface area contributed by atoms with Crippen molar-refractivity contribution in [3.63, 3.8) is 0 Å². The Kier molecular flexibility index (Phi) is 5.46. The zero-order valence-electron chi connectivity index (χ0n) is 13.3. The van der Waals surface area contributed by atoms with E-state index in [1.165, 1.54) is 11.3 Å². The molecule has 2 rings (SSSR count). The van der Waals surface area contributed by atoms with Gasteiger partial charge < -0.3 is 5.32 Å². The molecule has 1 fully saturated rings. The maximum absolute atomic E-state index is 12.9. The van der Waals surface area contributed by atoms with Crippen LogP contribution in [0.15, 0.2) is 16.3 Å². The Morgan fingerprint density at radius 1 is 1.38 bits per heavy atom. The molecule has 1 aliphatic rings. The number of piperidine rings is 1. The van der Waals surface area contributed by atoms with Gasteiger partial charge in [-0.1, -0.05) is 27.7 Å². The van der Waals surface area contributed by atoms with Crippen LogP contribution in [-0.4, -0.2) is 31.9 Å². The summed E-state index contributed by atoms with van der Waals surface area (Å²) in [5.74, 6) is 1.02. The molecule has 1 N–H and O–H groups in total. The SMILES string of the molecule is CC(C)NCc1sccc1S(=O)(=O)N1CCC(C)C(C)C1. The first-order valence-corrected chi connectivity index (χ1v) is 9.94. The van der Waals surface area contributed by atoms with Crippen LogP contribution in [0.25, 0.3) is 0 Å². The molecular formula is C15H26N2O2S2. The smallest absolute Gasteiger partial charge is 0.244 e. The summed E-state index contributed by atoms with van der Waals surface area (Å²) >= 11 is 1.52. The van der Waals surface area contributed by atoms with Crippen molar-refractivity contribution in [3.8, 4) is 0 Å². The van der Waals surface area contributed by atoms with Gasteiger partial charge in [0.25, 0.3) is 0 Å². The molecule has 0 aliphatic carbocycles. The van der Waals surface area contributed by atoms with Crippen LogP contribution in [0.2, 0.25) is 0 Å². The van der Waals surface area contributed by atoms with Crippen molar-refractivity contribution in [2.45, 2.75) is 51.6 Å². The minimum Gasteiger partial charge on any atom is -0.310 e. The first-order chi connectivity index (χ1) is 9.82. The highest BCUT2D eigenvalue weighted by molar-refractivity contribution is 7.89. The second kappa shape index (κ2) is 6.77. The fraction of sp³-hybridized carbons (Fsp3) is 0.733. The highest BCUT2D eigenvalue weighted by atomic mass is 32.2. The molecule has 2 heterocycles. The van der Waals surface area contributed by atoms with Gasteiger partial charge in [0.15, 0.2) is 0 Å². The van der Waals surface area contributed by atoms with E-state index in [1.807, 2.05) is 5.38 Å². The van der Waals surface area contributed by atoms with E-state index >= 15 is 0 Å².